The van der Waals surface area contributed by atoms with Crippen LogP contribution in [0.1, 0.15) is 16.7 Å². The lowest BCUT2D eigenvalue weighted by atomic mass is 10.1. The molecule has 5 nitrogen and oxygen atoms in total. The molecule has 0 fully saturated rings. The van der Waals surface area contributed by atoms with Gasteiger partial charge in [-0.15, -0.1) is 0 Å². The lowest BCUT2D eigenvalue weighted by Crippen LogP contribution is -2.22. The van der Waals surface area contributed by atoms with Gasteiger partial charge in [0.05, 0.1) is 11.9 Å². The fourth-order valence-electron chi connectivity index (χ4n) is 2.29. The molecule has 1 aromatic carbocycles. The average Bonchev–Trinajstić information content (AvgIpc) is 2.74. The first-order chi connectivity index (χ1) is 8.99. The third-order valence-electron chi connectivity index (χ3n) is 3.09. The van der Waals surface area contributed by atoms with Crippen LogP contribution in [-0.2, 0) is 13.6 Å². The van der Waals surface area contributed by atoms with Gasteiger partial charge in [-0.3, -0.25) is 10.1 Å². The topological polar surface area (TPSA) is 70.9 Å². The van der Waals surface area contributed by atoms with Crippen LogP contribution in [0, 0.1) is 12.3 Å². The van der Waals surface area contributed by atoms with Gasteiger partial charge in [-0.1, -0.05) is 12.1 Å². The normalized spacial score (nSPS) is 10.5. The van der Waals surface area contributed by atoms with Gasteiger partial charge in [-0.2, -0.15) is 5.10 Å². The summed E-state index contributed by atoms with van der Waals surface area (Å²) in [7, 11) is 3.90. The molecule has 100 valence electrons. The maximum atomic E-state index is 7.68. The number of nitrogens with zero attached hydrogens (tertiary/aromatic N) is 3. The van der Waals surface area contributed by atoms with E-state index >= 15 is 0 Å². The second kappa shape index (κ2) is 5.14. The number of nitrogens with two attached hydrogens (primary N) is 1. The molecule has 0 aliphatic rings. The molecule has 0 amide bonds. The highest BCUT2D eigenvalue weighted by atomic mass is 15.2. The first-order valence-electron chi connectivity index (χ1n) is 6.11. The molecule has 0 spiro atoms. The summed E-state index contributed by atoms with van der Waals surface area (Å²) in [6, 6.07) is 5.83. The minimum atomic E-state index is 0.0942. The Morgan fingerprint density at radius 3 is 2.79 bits per heavy atom. The van der Waals surface area contributed by atoms with Gasteiger partial charge >= 0.3 is 0 Å². The Hall–Kier alpha value is -2.30. The highest BCUT2D eigenvalue weighted by molar-refractivity contribution is 6.01. The third-order valence-corrected chi connectivity index (χ3v) is 3.09. The van der Waals surface area contributed by atoms with Crippen molar-refractivity contribution in [2.45, 2.75) is 13.5 Å². The number of hydrogen-bond donors (Lipinski definition) is 2. The minimum Gasteiger partial charge on any atom is -0.384 e. The second-order valence-corrected chi connectivity index (χ2v) is 4.76. The second-order valence-electron chi connectivity index (χ2n) is 4.76. The summed E-state index contributed by atoms with van der Waals surface area (Å²) in [5.74, 6) is 0.0942. The van der Waals surface area contributed by atoms with Crippen LogP contribution in [0.5, 0.6) is 0 Å². The van der Waals surface area contributed by atoms with Crippen LogP contribution in [0.2, 0.25) is 0 Å². The fourth-order valence-corrected chi connectivity index (χ4v) is 2.29. The molecule has 3 N–H and O–H groups in total. The van der Waals surface area contributed by atoms with Crippen LogP contribution < -0.4 is 10.6 Å². The Balaban J connectivity index is 2.32. The third kappa shape index (κ3) is 2.76. The molecule has 0 saturated carbocycles. The number of anilines is 1. The Kier molecular flexibility index (Phi) is 3.55. The summed E-state index contributed by atoms with van der Waals surface area (Å²) in [5, 5.41) is 11.9. The Morgan fingerprint density at radius 1 is 1.47 bits per heavy atom. The molecule has 0 atom stereocenters. The Morgan fingerprint density at radius 2 is 2.21 bits per heavy atom. The number of nitrogen functional groups attached to an aromatic ring is 1. The van der Waals surface area contributed by atoms with Gasteiger partial charge in [0.1, 0.15) is 5.84 Å². The lowest BCUT2D eigenvalue weighted by Gasteiger charge is -2.23. The van der Waals surface area contributed by atoms with Crippen molar-refractivity contribution in [1.29, 1.82) is 5.41 Å². The zero-order valence-electron chi connectivity index (χ0n) is 11.5. The van der Waals surface area contributed by atoms with Crippen molar-refractivity contribution in [1.82, 2.24) is 9.78 Å². The zero-order chi connectivity index (χ0) is 14.0. The number of aromatic nitrogens is 2. The molecule has 0 bridgehead atoms. The zero-order valence-corrected chi connectivity index (χ0v) is 11.5. The van der Waals surface area contributed by atoms with Gasteiger partial charge < -0.3 is 10.6 Å². The van der Waals surface area contributed by atoms with Crippen LogP contribution >= 0.6 is 0 Å². The van der Waals surface area contributed by atoms with Crippen LogP contribution in [0.25, 0.3) is 0 Å². The van der Waals surface area contributed by atoms with Crippen LogP contribution in [-0.4, -0.2) is 22.7 Å². The predicted molar refractivity (Wildman–Crippen MR) is 77.5 cm³/mol. The van der Waals surface area contributed by atoms with Crippen LogP contribution in [0.3, 0.4) is 0 Å². The minimum absolute atomic E-state index is 0.0942. The van der Waals surface area contributed by atoms with E-state index in [1.807, 2.05) is 51.6 Å². The monoisotopic (exact) mass is 257 g/mol. The number of benzene rings is 1. The van der Waals surface area contributed by atoms with Crippen molar-refractivity contribution in [2.24, 2.45) is 12.8 Å². The molecule has 0 aliphatic carbocycles. The molecule has 0 radical (unpaired) electrons. The largest absolute Gasteiger partial charge is 0.384 e. The van der Waals surface area contributed by atoms with Crippen molar-refractivity contribution in [3.05, 3.63) is 47.3 Å². The number of aryl methyl sites for hydroxylation is 2. The van der Waals surface area contributed by atoms with E-state index in [0.29, 0.717) is 0 Å². The van der Waals surface area contributed by atoms with Gasteiger partial charge in [0.15, 0.2) is 0 Å². The van der Waals surface area contributed by atoms with E-state index in [1.165, 1.54) is 0 Å². The number of amidine groups is 1. The number of nitrogens with one attached hydrogen (secondary N) is 1. The van der Waals surface area contributed by atoms with E-state index in [1.54, 1.807) is 4.68 Å². The molecular weight excluding hydrogens is 238 g/mol. The van der Waals surface area contributed by atoms with Crippen molar-refractivity contribution < 1.29 is 0 Å². The number of para-hydroxylation sites is 1. The van der Waals surface area contributed by atoms with Crippen molar-refractivity contribution in [3.8, 4) is 0 Å². The highest BCUT2D eigenvalue weighted by Crippen LogP contribution is 2.25. The molecule has 0 aliphatic heterocycles. The van der Waals surface area contributed by atoms with Gasteiger partial charge in [-0.05, 0) is 18.6 Å². The number of hydrogen-bond acceptors (Lipinski definition) is 3. The van der Waals surface area contributed by atoms with E-state index in [9.17, 15) is 0 Å². The summed E-state index contributed by atoms with van der Waals surface area (Å²) in [4.78, 5) is 2.10. The molecule has 2 rings (SSSR count). The summed E-state index contributed by atoms with van der Waals surface area (Å²) in [6.07, 6.45) is 3.84. The molecule has 0 saturated heterocycles. The standard InChI is InChI=1S/C14H19N5/c1-10-5-4-6-12(14(15)16)13(10)18(2)8-11-7-17-19(3)9-11/h4-7,9H,8H2,1-3H3,(H3,15,16). The summed E-state index contributed by atoms with van der Waals surface area (Å²) in [6.45, 7) is 2.76. The molecule has 1 heterocycles. The maximum absolute atomic E-state index is 7.68. The van der Waals surface area contributed by atoms with E-state index in [0.717, 1.165) is 28.9 Å². The van der Waals surface area contributed by atoms with Gasteiger partial charge in [-0.25, -0.2) is 0 Å². The molecular formula is C14H19N5. The van der Waals surface area contributed by atoms with E-state index in [-0.39, 0.29) is 5.84 Å². The fraction of sp³-hybridized carbons (Fsp3) is 0.286. The lowest BCUT2D eigenvalue weighted by molar-refractivity contribution is 0.766. The molecule has 0 unspecified atom stereocenters. The van der Waals surface area contributed by atoms with Gasteiger partial charge in [0.2, 0.25) is 0 Å². The van der Waals surface area contributed by atoms with Crippen molar-refractivity contribution in [2.75, 3.05) is 11.9 Å². The van der Waals surface area contributed by atoms with Crippen LogP contribution in [0.4, 0.5) is 5.69 Å². The van der Waals surface area contributed by atoms with Crippen LogP contribution in [0.15, 0.2) is 30.6 Å². The van der Waals surface area contributed by atoms with Gasteiger partial charge in [0, 0.05) is 38.0 Å². The SMILES string of the molecule is Cc1cccc(C(=N)N)c1N(C)Cc1cnn(C)c1. The quantitative estimate of drug-likeness (QED) is 0.646. The first kappa shape index (κ1) is 13.1. The molecule has 1 aromatic heterocycles. The Bertz CT molecular complexity index is 600. The molecule has 19 heavy (non-hydrogen) atoms. The summed E-state index contributed by atoms with van der Waals surface area (Å²) >= 11 is 0. The molecule has 2 aromatic rings. The van der Waals surface area contributed by atoms with E-state index in [2.05, 4.69) is 10.00 Å². The van der Waals surface area contributed by atoms with Crippen molar-refractivity contribution in [3.63, 3.8) is 0 Å². The number of rotatable bonds is 4. The highest BCUT2D eigenvalue weighted by Gasteiger charge is 2.13. The summed E-state index contributed by atoms with van der Waals surface area (Å²) in [5.41, 5.74) is 9.67. The summed E-state index contributed by atoms with van der Waals surface area (Å²) < 4.78 is 1.78. The predicted octanol–water partition coefficient (Wildman–Crippen LogP) is 1.65. The smallest absolute Gasteiger partial charge is 0.124 e. The maximum Gasteiger partial charge on any atom is 0.124 e. The molecule has 5 heteroatoms. The van der Waals surface area contributed by atoms with E-state index < -0.39 is 0 Å². The average molecular weight is 257 g/mol. The van der Waals surface area contributed by atoms with Crippen molar-refractivity contribution >= 4 is 11.5 Å². The Labute approximate surface area is 113 Å². The first-order valence-corrected chi connectivity index (χ1v) is 6.11. The van der Waals surface area contributed by atoms with Gasteiger partial charge in [0.25, 0.3) is 0 Å². The van der Waals surface area contributed by atoms with E-state index in [4.69, 9.17) is 11.1 Å².